The van der Waals surface area contributed by atoms with Crippen LogP contribution in [0.1, 0.15) is 11.1 Å². The van der Waals surface area contributed by atoms with Crippen LogP contribution in [0.4, 0.5) is 0 Å². The third-order valence-corrected chi connectivity index (χ3v) is 3.82. The Hall–Kier alpha value is -3.04. The molecule has 0 heterocycles. The van der Waals surface area contributed by atoms with Crippen LogP contribution in [0.15, 0.2) is 78.9 Å². The lowest BCUT2D eigenvalue weighted by molar-refractivity contribution is 1.67. The van der Waals surface area contributed by atoms with Crippen LogP contribution in [0.2, 0.25) is 0 Å². The quantitative estimate of drug-likeness (QED) is 0.388. The molecular weight excluding hydrogens is 264 g/mol. The highest BCUT2D eigenvalue weighted by molar-refractivity contribution is 5.88. The van der Waals surface area contributed by atoms with E-state index in [9.17, 15) is 0 Å². The molecule has 0 fully saturated rings. The van der Waals surface area contributed by atoms with E-state index in [2.05, 4.69) is 78.6 Å². The van der Waals surface area contributed by atoms with Gasteiger partial charge in [-0.3, -0.25) is 0 Å². The fourth-order valence-corrected chi connectivity index (χ4v) is 2.68. The Morgan fingerprint density at radius 1 is 0.682 bits per heavy atom. The van der Waals surface area contributed by atoms with Crippen molar-refractivity contribution < 1.29 is 0 Å². The predicted molar refractivity (Wildman–Crippen MR) is 92.7 cm³/mol. The summed E-state index contributed by atoms with van der Waals surface area (Å²) in [6.07, 6.45) is 0. The van der Waals surface area contributed by atoms with Gasteiger partial charge < -0.3 is 0 Å². The molecule has 0 spiro atoms. The van der Waals surface area contributed by atoms with E-state index in [-0.39, 0.29) is 0 Å². The number of benzene rings is 4. The van der Waals surface area contributed by atoms with Crippen molar-refractivity contribution in [3.8, 4) is 11.8 Å². The van der Waals surface area contributed by atoms with Crippen molar-refractivity contribution in [3.63, 3.8) is 0 Å². The molecule has 0 heteroatoms. The molecule has 4 rings (SSSR count). The Balaban J connectivity index is 1.80. The highest BCUT2D eigenvalue weighted by Gasteiger charge is 1.97. The zero-order valence-electron chi connectivity index (χ0n) is 12.0. The maximum absolute atomic E-state index is 3.30. The smallest absolute Gasteiger partial charge is 0.0327 e. The van der Waals surface area contributed by atoms with Gasteiger partial charge in [-0.15, -0.1) is 0 Å². The molecular formula is C22H13. The van der Waals surface area contributed by atoms with E-state index < -0.39 is 0 Å². The van der Waals surface area contributed by atoms with Crippen LogP contribution in [-0.4, -0.2) is 0 Å². The molecule has 0 atom stereocenters. The lowest BCUT2D eigenvalue weighted by atomic mass is 10.0. The molecule has 0 amide bonds. The first kappa shape index (κ1) is 12.7. The zero-order valence-corrected chi connectivity index (χ0v) is 12.0. The van der Waals surface area contributed by atoms with Gasteiger partial charge in [0.15, 0.2) is 0 Å². The van der Waals surface area contributed by atoms with Crippen molar-refractivity contribution >= 4 is 21.5 Å². The summed E-state index contributed by atoms with van der Waals surface area (Å²) < 4.78 is 0. The molecule has 101 valence electrons. The van der Waals surface area contributed by atoms with Crippen LogP contribution in [-0.2, 0) is 0 Å². The van der Waals surface area contributed by atoms with E-state index in [4.69, 9.17) is 0 Å². The zero-order chi connectivity index (χ0) is 14.8. The van der Waals surface area contributed by atoms with Gasteiger partial charge >= 0.3 is 0 Å². The average Bonchev–Trinajstić information content (AvgIpc) is 2.60. The average molecular weight is 277 g/mol. The van der Waals surface area contributed by atoms with Gasteiger partial charge in [0.25, 0.3) is 0 Å². The van der Waals surface area contributed by atoms with E-state index in [1.807, 2.05) is 18.2 Å². The molecule has 0 aromatic heterocycles. The number of hydrogen-bond acceptors (Lipinski definition) is 0. The largest absolute Gasteiger partial charge is 0.0616 e. The van der Waals surface area contributed by atoms with E-state index in [1.54, 1.807) is 0 Å². The fourth-order valence-electron chi connectivity index (χ4n) is 2.68. The van der Waals surface area contributed by atoms with Crippen molar-refractivity contribution in [2.75, 3.05) is 0 Å². The Morgan fingerprint density at radius 3 is 2.50 bits per heavy atom. The minimum absolute atomic E-state index is 1.04. The minimum Gasteiger partial charge on any atom is -0.0616 e. The highest BCUT2D eigenvalue weighted by atomic mass is 14.0. The first-order valence-electron chi connectivity index (χ1n) is 7.30. The van der Waals surface area contributed by atoms with Crippen LogP contribution in [0, 0.1) is 17.9 Å². The van der Waals surface area contributed by atoms with Crippen LogP contribution in [0.5, 0.6) is 0 Å². The van der Waals surface area contributed by atoms with Gasteiger partial charge in [0, 0.05) is 11.1 Å². The summed E-state index contributed by atoms with van der Waals surface area (Å²) in [7, 11) is 0. The van der Waals surface area contributed by atoms with Gasteiger partial charge in [-0.05, 0) is 51.9 Å². The molecule has 22 heavy (non-hydrogen) atoms. The summed E-state index contributed by atoms with van der Waals surface area (Å²) >= 11 is 0. The van der Waals surface area contributed by atoms with Gasteiger partial charge in [-0.25, -0.2) is 0 Å². The summed E-state index contributed by atoms with van der Waals surface area (Å²) in [4.78, 5) is 0. The molecule has 0 saturated heterocycles. The molecule has 0 aliphatic carbocycles. The van der Waals surface area contributed by atoms with Crippen molar-refractivity contribution in [1.29, 1.82) is 0 Å². The SMILES string of the molecule is C(#Cc1cccc2c[c]ccc12)c1ccc2ccccc2c1. The fraction of sp³-hybridized carbons (Fsp3) is 0. The summed E-state index contributed by atoms with van der Waals surface area (Å²) in [6.45, 7) is 0. The van der Waals surface area contributed by atoms with Crippen LogP contribution >= 0.6 is 0 Å². The van der Waals surface area contributed by atoms with Crippen molar-refractivity contribution in [2.45, 2.75) is 0 Å². The summed E-state index contributed by atoms with van der Waals surface area (Å²) in [5, 5.41) is 4.82. The van der Waals surface area contributed by atoms with Crippen molar-refractivity contribution in [1.82, 2.24) is 0 Å². The molecule has 0 aliphatic heterocycles. The molecule has 0 nitrogen and oxygen atoms in total. The van der Waals surface area contributed by atoms with Crippen LogP contribution < -0.4 is 0 Å². The first-order chi connectivity index (χ1) is 10.9. The third kappa shape index (κ3) is 2.34. The van der Waals surface area contributed by atoms with E-state index >= 15 is 0 Å². The summed E-state index contributed by atoms with van der Waals surface area (Å²) in [5.74, 6) is 6.59. The molecule has 0 saturated carbocycles. The second-order valence-corrected chi connectivity index (χ2v) is 5.26. The topological polar surface area (TPSA) is 0 Å². The normalized spacial score (nSPS) is 10.4. The van der Waals surface area contributed by atoms with Crippen molar-refractivity contribution in [3.05, 3.63) is 96.1 Å². The molecule has 4 aromatic carbocycles. The van der Waals surface area contributed by atoms with Gasteiger partial charge in [0.05, 0.1) is 0 Å². The molecule has 4 aromatic rings. The monoisotopic (exact) mass is 277 g/mol. The lowest BCUT2D eigenvalue weighted by Crippen LogP contribution is -1.80. The Labute approximate surface area is 130 Å². The van der Waals surface area contributed by atoms with E-state index in [0.29, 0.717) is 0 Å². The number of fused-ring (bicyclic) bond motifs is 2. The number of hydrogen-bond donors (Lipinski definition) is 0. The second-order valence-electron chi connectivity index (χ2n) is 5.26. The Morgan fingerprint density at radius 2 is 1.55 bits per heavy atom. The standard InChI is InChI=1S/C22H13/c1-2-8-21-16-17(12-14-18(21)6-1)13-15-20-10-5-9-19-7-3-4-11-22(19)20/h1-2,4-12,14,16H. The maximum atomic E-state index is 3.30. The molecule has 0 aliphatic rings. The van der Waals surface area contributed by atoms with E-state index in [1.165, 1.54) is 21.5 Å². The first-order valence-corrected chi connectivity index (χ1v) is 7.30. The predicted octanol–water partition coefficient (Wildman–Crippen LogP) is 5.19. The highest BCUT2D eigenvalue weighted by Crippen LogP contribution is 2.18. The van der Waals surface area contributed by atoms with Gasteiger partial charge in [-0.1, -0.05) is 66.4 Å². The Bertz CT molecular complexity index is 1020. The minimum atomic E-state index is 1.04. The molecule has 0 N–H and O–H groups in total. The van der Waals surface area contributed by atoms with Crippen LogP contribution in [0.25, 0.3) is 21.5 Å². The van der Waals surface area contributed by atoms with Gasteiger partial charge in [0.1, 0.15) is 0 Å². The summed E-state index contributed by atoms with van der Waals surface area (Å²) in [6, 6.07) is 30.0. The second kappa shape index (κ2) is 5.39. The number of rotatable bonds is 0. The Kier molecular flexibility index (Phi) is 3.11. The van der Waals surface area contributed by atoms with Gasteiger partial charge in [-0.2, -0.15) is 0 Å². The molecule has 1 radical (unpaired) electrons. The van der Waals surface area contributed by atoms with Crippen LogP contribution in [0.3, 0.4) is 0 Å². The lowest BCUT2D eigenvalue weighted by Gasteiger charge is -2.00. The third-order valence-electron chi connectivity index (χ3n) is 3.82. The van der Waals surface area contributed by atoms with E-state index in [0.717, 1.165) is 11.1 Å². The summed E-state index contributed by atoms with van der Waals surface area (Å²) in [5.41, 5.74) is 2.10. The van der Waals surface area contributed by atoms with Gasteiger partial charge in [0.2, 0.25) is 0 Å². The van der Waals surface area contributed by atoms with Crippen molar-refractivity contribution in [2.24, 2.45) is 0 Å². The molecule has 0 bridgehead atoms. The maximum Gasteiger partial charge on any atom is 0.0327 e. The molecule has 0 unspecified atom stereocenters.